The normalized spacial score (nSPS) is 29.8. The van der Waals surface area contributed by atoms with Gasteiger partial charge in [-0.25, -0.2) is 0 Å². The number of benzene rings is 1. The summed E-state index contributed by atoms with van der Waals surface area (Å²) in [5.74, 6) is 0.916. The Kier molecular flexibility index (Phi) is 3.56. The molecule has 0 bridgehead atoms. The number of hydrogen-bond acceptors (Lipinski definition) is 3. The molecule has 20 heavy (non-hydrogen) atoms. The van der Waals surface area contributed by atoms with Crippen molar-refractivity contribution < 1.29 is 0 Å². The van der Waals surface area contributed by atoms with E-state index in [0.717, 1.165) is 31.8 Å². The molecule has 3 unspecified atom stereocenters. The topological polar surface area (TPSA) is 30.3 Å². The third kappa shape index (κ3) is 2.24. The second-order valence-electron chi connectivity index (χ2n) is 6.32. The van der Waals surface area contributed by atoms with Crippen LogP contribution >= 0.6 is 0 Å². The van der Waals surface area contributed by atoms with Gasteiger partial charge < -0.3 is 9.80 Å². The molecule has 3 atom stereocenters. The quantitative estimate of drug-likeness (QED) is 0.784. The Morgan fingerprint density at radius 1 is 1.15 bits per heavy atom. The van der Waals surface area contributed by atoms with Crippen LogP contribution in [0.1, 0.15) is 26.2 Å². The Hall–Kier alpha value is -1.69. The van der Waals surface area contributed by atoms with Gasteiger partial charge in [0.15, 0.2) is 0 Å². The molecule has 1 heterocycles. The summed E-state index contributed by atoms with van der Waals surface area (Å²) in [6, 6.07) is 11.6. The fraction of sp³-hybridized carbons (Fsp3) is 0.588. The first-order chi connectivity index (χ1) is 9.70. The molecular formula is C17H23N3. The van der Waals surface area contributed by atoms with Crippen LogP contribution in [0.25, 0.3) is 0 Å². The summed E-state index contributed by atoms with van der Waals surface area (Å²) in [7, 11) is 2.15. The molecule has 2 aliphatic rings. The van der Waals surface area contributed by atoms with Crippen molar-refractivity contribution >= 4 is 11.4 Å². The minimum absolute atomic E-state index is 0.183. The Morgan fingerprint density at radius 3 is 2.65 bits per heavy atom. The molecule has 3 nitrogen and oxygen atoms in total. The summed E-state index contributed by atoms with van der Waals surface area (Å²) in [5, 5.41) is 9.49. The molecule has 1 aromatic carbocycles. The lowest BCUT2D eigenvalue weighted by Crippen LogP contribution is -2.49. The summed E-state index contributed by atoms with van der Waals surface area (Å²) in [6.45, 7) is 4.39. The zero-order chi connectivity index (χ0) is 14.1. The van der Waals surface area contributed by atoms with Gasteiger partial charge in [-0.15, -0.1) is 0 Å². The van der Waals surface area contributed by atoms with Gasteiger partial charge in [-0.05, 0) is 37.3 Å². The van der Waals surface area contributed by atoms with Crippen LogP contribution in [0.3, 0.4) is 0 Å². The molecule has 1 fully saturated rings. The highest BCUT2D eigenvalue weighted by molar-refractivity contribution is 5.73. The van der Waals surface area contributed by atoms with Gasteiger partial charge in [-0.3, -0.25) is 0 Å². The van der Waals surface area contributed by atoms with Crippen molar-refractivity contribution in [2.24, 2.45) is 11.8 Å². The largest absolute Gasteiger partial charge is 0.371 e. The Morgan fingerprint density at radius 2 is 1.90 bits per heavy atom. The van der Waals surface area contributed by atoms with E-state index in [1.54, 1.807) is 0 Å². The third-order valence-electron chi connectivity index (χ3n) is 4.92. The SMILES string of the molecule is CC1CCC(C#N)C(N2CCN(C)c3ccccc32)C1. The average Bonchev–Trinajstić information content (AvgIpc) is 2.48. The van der Waals surface area contributed by atoms with E-state index < -0.39 is 0 Å². The van der Waals surface area contributed by atoms with E-state index >= 15 is 0 Å². The highest BCUT2D eigenvalue weighted by atomic mass is 15.3. The first-order valence-corrected chi connectivity index (χ1v) is 7.67. The fourth-order valence-corrected chi connectivity index (χ4v) is 3.72. The molecule has 3 heteroatoms. The first kappa shape index (κ1) is 13.3. The summed E-state index contributed by atoms with van der Waals surface area (Å²) >= 11 is 0. The highest BCUT2D eigenvalue weighted by Crippen LogP contribution is 2.39. The smallest absolute Gasteiger partial charge is 0.0677 e. The third-order valence-corrected chi connectivity index (χ3v) is 4.92. The number of rotatable bonds is 1. The van der Waals surface area contributed by atoms with Crippen molar-refractivity contribution in [2.75, 3.05) is 29.9 Å². The molecule has 0 N–H and O–H groups in total. The van der Waals surface area contributed by atoms with Crippen LogP contribution in [-0.2, 0) is 0 Å². The number of nitriles is 1. The number of hydrogen-bond donors (Lipinski definition) is 0. The number of fused-ring (bicyclic) bond motifs is 1. The van der Waals surface area contributed by atoms with E-state index in [4.69, 9.17) is 0 Å². The predicted octanol–water partition coefficient (Wildman–Crippen LogP) is 3.27. The molecule has 1 aliphatic carbocycles. The lowest BCUT2D eigenvalue weighted by atomic mass is 9.78. The molecule has 0 radical (unpaired) electrons. The Labute approximate surface area is 121 Å². The maximum Gasteiger partial charge on any atom is 0.0677 e. The number of likely N-dealkylation sites (N-methyl/N-ethyl adjacent to an activating group) is 1. The van der Waals surface area contributed by atoms with Crippen LogP contribution in [0.4, 0.5) is 11.4 Å². The lowest BCUT2D eigenvalue weighted by molar-refractivity contribution is 0.279. The Bertz CT molecular complexity index is 519. The number of nitrogens with zero attached hydrogens (tertiary/aromatic N) is 3. The summed E-state index contributed by atoms with van der Waals surface area (Å²) in [6.07, 6.45) is 3.40. The standard InChI is InChI=1S/C17H23N3/c1-13-7-8-14(12-18)17(11-13)20-10-9-19(2)15-5-3-4-6-16(15)20/h3-6,13-14,17H,7-11H2,1-2H3. The van der Waals surface area contributed by atoms with E-state index in [0.29, 0.717) is 6.04 Å². The minimum Gasteiger partial charge on any atom is -0.371 e. The van der Waals surface area contributed by atoms with Gasteiger partial charge in [0.05, 0.1) is 23.4 Å². The van der Waals surface area contributed by atoms with E-state index in [9.17, 15) is 5.26 Å². The van der Waals surface area contributed by atoms with Crippen LogP contribution in [-0.4, -0.2) is 26.2 Å². The second kappa shape index (κ2) is 5.36. The second-order valence-corrected chi connectivity index (χ2v) is 6.32. The summed E-state index contributed by atoms with van der Waals surface area (Å²) < 4.78 is 0. The van der Waals surface area contributed by atoms with Crippen molar-refractivity contribution in [3.63, 3.8) is 0 Å². The average molecular weight is 269 g/mol. The van der Waals surface area contributed by atoms with Crippen molar-refractivity contribution in [3.05, 3.63) is 24.3 Å². The van der Waals surface area contributed by atoms with Gasteiger partial charge in [0, 0.05) is 26.2 Å². The zero-order valence-corrected chi connectivity index (χ0v) is 12.4. The minimum atomic E-state index is 0.183. The predicted molar refractivity (Wildman–Crippen MR) is 83.0 cm³/mol. The molecular weight excluding hydrogens is 246 g/mol. The Balaban J connectivity index is 1.94. The molecule has 1 saturated carbocycles. The van der Waals surface area contributed by atoms with Crippen LogP contribution < -0.4 is 9.80 Å². The van der Waals surface area contributed by atoms with E-state index in [-0.39, 0.29) is 5.92 Å². The van der Waals surface area contributed by atoms with Gasteiger partial charge in [-0.1, -0.05) is 19.1 Å². The first-order valence-electron chi connectivity index (χ1n) is 7.67. The molecule has 1 aromatic rings. The molecule has 0 amide bonds. The van der Waals surface area contributed by atoms with Crippen LogP contribution in [0, 0.1) is 23.2 Å². The summed E-state index contributed by atoms with van der Waals surface area (Å²) in [4.78, 5) is 4.82. The summed E-state index contributed by atoms with van der Waals surface area (Å²) in [5.41, 5.74) is 2.61. The van der Waals surface area contributed by atoms with Crippen LogP contribution in [0.15, 0.2) is 24.3 Å². The van der Waals surface area contributed by atoms with Gasteiger partial charge in [-0.2, -0.15) is 5.26 Å². The van der Waals surface area contributed by atoms with Gasteiger partial charge in [0.25, 0.3) is 0 Å². The monoisotopic (exact) mass is 269 g/mol. The van der Waals surface area contributed by atoms with Gasteiger partial charge in [0.1, 0.15) is 0 Å². The zero-order valence-electron chi connectivity index (χ0n) is 12.4. The molecule has 0 spiro atoms. The van der Waals surface area contributed by atoms with E-state index in [2.05, 4.69) is 54.1 Å². The maximum absolute atomic E-state index is 9.49. The van der Waals surface area contributed by atoms with E-state index in [1.807, 2.05) is 0 Å². The number of anilines is 2. The van der Waals surface area contributed by atoms with Gasteiger partial charge >= 0.3 is 0 Å². The van der Waals surface area contributed by atoms with Crippen molar-refractivity contribution in [2.45, 2.75) is 32.2 Å². The molecule has 1 aliphatic heterocycles. The molecule has 106 valence electrons. The van der Waals surface area contributed by atoms with E-state index in [1.165, 1.54) is 17.8 Å². The number of para-hydroxylation sites is 2. The highest BCUT2D eigenvalue weighted by Gasteiger charge is 2.35. The van der Waals surface area contributed by atoms with Crippen LogP contribution in [0.5, 0.6) is 0 Å². The van der Waals surface area contributed by atoms with Gasteiger partial charge in [0.2, 0.25) is 0 Å². The van der Waals surface area contributed by atoms with Crippen molar-refractivity contribution in [3.8, 4) is 6.07 Å². The molecule has 3 rings (SSSR count). The maximum atomic E-state index is 9.49. The van der Waals surface area contributed by atoms with Crippen LogP contribution in [0.2, 0.25) is 0 Å². The molecule has 0 aromatic heterocycles. The van der Waals surface area contributed by atoms with Crippen molar-refractivity contribution in [1.82, 2.24) is 0 Å². The lowest BCUT2D eigenvalue weighted by Gasteiger charge is -2.45. The fourth-order valence-electron chi connectivity index (χ4n) is 3.72. The molecule has 0 saturated heterocycles. The van der Waals surface area contributed by atoms with Crippen molar-refractivity contribution in [1.29, 1.82) is 5.26 Å².